The lowest BCUT2D eigenvalue weighted by Crippen LogP contribution is -2.52. The van der Waals surface area contributed by atoms with Crippen molar-refractivity contribution >= 4 is 5.97 Å². The summed E-state index contributed by atoms with van der Waals surface area (Å²) >= 11 is 0. The monoisotopic (exact) mass is 242 g/mol. The van der Waals surface area contributed by atoms with Crippen molar-refractivity contribution in [3.8, 4) is 0 Å². The van der Waals surface area contributed by atoms with Gasteiger partial charge >= 0.3 is 5.97 Å². The standard InChI is InChI=1S/C14H26O3/c1-9(2)11-6-5-7-12(8-11)14(17,10(3)4)13(15)16/h9-12,17H,5-8H2,1-4H3,(H,15,16). The second-order valence-corrected chi connectivity index (χ2v) is 6.15. The molecule has 0 heterocycles. The predicted molar refractivity (Wildman–Crippen MR) is 67.7 cm³/mol. The molecule has 0 saturated heterocycles. The van der Waals surface area contributed by atoms with Crippen LogP contribution in [0.4, 0.5) is 0 Å². The van der Waals surface area contributed by atoms with Gasteiger partial charge in [-0.15, -0.1) is 0 Å². The van der Waals surface area contributed by atoms with E-state index in [1.54, 1.807) is 13.8 Å². The Balaban J connectivity index is 2.85. The fraction of sp³-hybridized carbons (Fsp3) is 0.929. The van der Waals surface area contributed by atoms with Gasteiger partial charge < -0.3 is 10.2 Å². The van der Waals surface area contributed by atoms with Gasteiger partial charge in [0.2, 0.25) is 0 Å². The summed E-state index contributed by atoms with van der Waals surface area (Å²) in [6.45, 7) is 7.96. The molecule has 1 saturated carbocycles. The average Bonchev–Trinajstić information content (AvgIpc) is 2.27. The van der Waals surface area contributed by atoms with Crippen molar-refractivity contribution in [1.29, 1.82) is 0 Å². The van der Waals surface area contributed by atoms with Crippen LogP contribution in [0.3, 0.4) is 0 Å². The third-order valence-corrected chi connectivity index (χ3v) is 4.50. The minimum atomic E-state index is -1.55. The third kappa shape index (κ3) is 2.82. The summed E-state index contributed by atoms with van der Waals surface area (Å²) in [6.07, 6.45) is 3.89. The predicted octanol–water partition coefficient (Wildman–Crippen LogP) is 2.92. The first-order chi connectivity index (χ1) is 7.80. The van der Waals surface area contributed by atoms with Crippen LogP contribution in [-0.2, 0) is 4.79 Å². The molecule has 0 bridgehead atoms. The lowest BCUT2D eigenvalue weighted by Gasteiger charge is -2.41. The molecular weight excluding hydrogens is 216 g/mol. The van der Waals surface area contributed by atoms with E-state index in [4.69, 9.17) is 0 Å². The highest BCUT2D eigenvalue weighted by Crippen LogP contribution is 2.41. The number of rotatable bonds is 4. The van der Waals surface area contributed by atoms with Crippen LogP contribution in [-0.4, -0.2) is 21.8 Å². The van der Waals surface area contributed by atoms with Crippen molar-refractivity contribution in [2.75, 3.05) is 0 Å². The Kier molecular flexibility index (Phi) is 4.59. The van der Waals surface area contributed by atoms with Gasteiger partial charge in [-0.3, -0.25) is 0 Å². The van der Waals surface area contributed by atoms with Gasteiger partial charge in [-0.25, -0.2) is 4.79 Å². The van der Waals surface area contributed by atoms with Crippen molar-refractivity contribution in [3.05, 3.63) is 0 Å². The summed E-state index contributed by atoms with van der Waals surface area (Å²) < 4.78 is 0. The van der Waals surface area contributed by atoms with Gasteiger partial charge in [0.1, 0.15) is 0 Å². The molecule has 1 fully saturated rings. The molecular formula is C14H26O3. The molecule has 100 valence electrons. The van der Waals surface area contributed by atoms with Crippen LogP contribution in [0, 0.1) is 23.7 Å². The summed E-state index contributed by atoms with van der Waals surface area (Å²) in [6, 6.07) is 0. The quantitative estimate of drug-likeness (QED) is 0.797. The Morgan fingerprint density at radius 3 is 2.24 bits per heavy atom. The Morgan fingerprint density at radius 1 is 1.24 bits per heavy atom. The van der Waals surface area contributed by atoms with E-state index >= 15 is 0 Å². The molecule has 3 atom stereocenters. The molecule has 1 aliphatic carbocycles. The summed E-state index contributed by atoms with van der Waals surface area (Å²) in [5, 5.41) is 19.8. The molecule has 1 aliphatic rings. The smallest absolute Gasteiger partial charge is 0.336 e. The Hall–Kier alpha value is -0.570. The number of carboxylic acids is 1. The van der Waals surface area contributed by atoms with E-state index in [-0.39, 0.29) is 11.8 Å². The maximum atomic E-state index is 11.4. The molecule has 0 aromatic carbocycles. The fourth-order valence-electron chi connectivity index (χ4n) is 3.13. The van der Waals surface area contributed by atoms with Gasteiger partial charge in [-0.2, -0.15) is 0 Å². The van der Waals surface area contributed by atoms with Crippen LogP contribution in [0.2, 0.25) is 0 Å². The molecule has 17 heavy (non-hydrogen) atoms. The first-order valence-corrected chi connectivity index (χ1v) is 6.75. The van der Waals surface area contributed by atoms with E-state index < -0.39 is 11.6 Å². The summed E-state index contributed by atoms with van der Waals surface area (Å²) in [7, 11) is 0. The fourth-order valence-corrected chi connectivity index (χ4v) is 3.13. The van der Waals surface area contributed by atoms with E-state index in [1.165, 1.54) is 6.42 Å². The minimum Gasteiger partial charge on any atom is -0.479 e. The summed E-state index contributed by atoms with van der Waals surface area (Å²) in [5.74, 6) is -0.264. The van der Waals surface area contributed by atoms with E-state index in [0.717, 1.165) is 19.3 Å². The molecule has 1 rings (SSSR count). The largest absolute Gasteiger partial charge is 0.479 e. The highest BCUT2D eigenvalue weighted by atomic mass is 16.4. The Labute approximate surface area is 104 Å². The van der Waals surface area contributed by atoms with E-state index in [1.807, 2.05) is 0 Å². The van der Waals surface area contributed by atoms with Crippen LogP contribution in [0.1, 0.15) is 53.4 Å². The van der Waals surface area contributed by atoms with Crippen LogP contribution >= 0.6 is 0 Å². The molecule has 2 N–H and O–H groups in total. The lowest BCUT2D eigenvalue weighted by atomic mass is 9.66. The van der Waals surface area contributed by atoms with Crippen molar-refractivity contribution in [2.24, 2.45) is 23.7 Å². The Bertz CT molecular complexity index is 273. The minimum absolute atomic E-state index is 0.0962. The van der Waals surface area contributed by atoms with Crippen molar-refractivity contribution in [1.82, 2.24) is 0 Å². The maximum absolute atomic E-state index is 11.4. The van der Waals surface area contributed by atoms with Gasteiger partial charge in [-0.05, 0) is 36.5 Å². The number of aliphatic hydroxyl groups is 1. The van der Waals surface area contributed by atoms with Gasteiger partial charge in [0.15, 0.2) is 5.60 Å². The average molecular weight is 242 g/mol. The zero-order valence-electron chi connectivity index (χ0n) is 11.4. The van der Waals surface area contributed by atoms with E-state index in [9.17, 15) is 15.0 Å². The zero-order chi connectivity index (χ0) is 13.2. The number of carbonyl (C=O) groups is 1. The Morgan fingerprint density at radius 2 is 1.82 bits per heavy atom. The van der Waals surface area contributed by atoms with Crippen LogP contribution in [0.25, 0.3) is 0 Å². The third-order valence-electron chi connectivity index (χ3n) is 4.50. The zero-order valence-corrected chi connectivity index (χ0v) is 11.4. The van der Waals surface area contributed by atoms with Gasteiger partial charge in [0.05, 0.1) is 0 Å². The molecule has 3 nitrogen and oxygen atoms in total. The van der Waals surface area contributed by atoms with E-state index in [2.05, 4.69) is 13.8 Å². The van der Waals surface area contributed by atoms with Crippen molar-refractivity contribution < 1.29 is 15.0 Å². The van der Waals surface area contributed by atoms with E-state index in [0.29, 0.717) is 11.8 Å². The molecule has 0 aromatic heterocycles. The normalized spacial score (nSPS) is 29.4. The topological polar surface area (TPSA) is 57.5 Å². The number of hydrogen-bond acceptors (Lipinski definition) is 2. The molecule has 0 spiro atoms. The summed E-state index contributed by atoms with van der Waals surface area (Å²) in [4.78, 5) is 11.4. The number of carboxylic acid groups (broad SMARTS) is 1. The first-order valence-electron chi connectivity index (χ1n) is 6.75. The first kappa shape index (κ1) is 14.5. The molecule has 3 heteroatoms. The van der Waals surface area contributed by atoms with Crippen LogP contribution in [0.5, 0.6) is 0 Å². The van der Waals surface area contributed by atoms with Crippen molar-refractivity contribution in [3.63, 3.8) is 0 Å². The highest BCUT2D eigenvalue weighted by Gasteiger charge is 2.48. The van der Waals surface area contributed by atoms with Crippen LogP contribution < -0.4 is 0 Å². The van der Waals surface area contributed by atoms with Crippen LogP contribution in [0.15, 0.2) is 0 Å². The molecule has 0 amide bonds. The molecule has 3 unspecified atom stereocenters. The number of aliphatic carboxylic acids is 1. The van der Waals surface area contributed by atoms with Crippen molar-refractivity contribution in [2.45, 2.75) is 59.0 Å². The van der Waals surface area contributed by atoms with Gasteiger partial charge in [0, 0.05) is 0 Å². The second kappa shape index (κ2) is 5.38. The molecule has 0 aromatic rings. The summed E-state index contributed by atoms with van der Waals surface area (Å²) in [5.41, 5.74) is -1.55. The SMILES string of the molecule is CC(C)C1CCCC(C(O)(C(=O)O)C(C)C)C1. The van der Waals surface area contributed by atoms with Gasteiger partial charge in [0.25, 0.3) is 0 Å². The maximum Gasteiger partial charge on any atom is 0.336 e. The highest BCUT2D eigenvalue weighted by molar-refractivity contribution is 5.78. The number of hydrogen-bond donors (Lipinski definition) is 2. The second-order valence-electron chi connectivity index (χ2n) is 6.15. The molecule has 0 radical (unpaired) electrons. The molecule has 0 aliphatic heterocycles. The lowest BCUT2D eigenvalue weighted by molar-refractivity contribution is -0.175. The van der Waals surface area contributed by atoms with Gasteiger partial charge in [-0.1, -0.05) is 40.5 Å².